The van der Waals surface area contributed by atoms with E-state index in [0.29, 0.717) is 22.5 Å². The highest BCUT2D eigenvalue weighted by Crippen LogP contribution is 2.68. The van der Waals surface area contributed by atoms with Crippen molar-refractivity contribution in [3.8, 4) is 0 Å². The molecule has 5 amide bonds. The fraction of sp³-hybridized carbons (Fsp3) is 0.194. The number of amides is 5. The summed E-state index contributed by atoms with van der Waals surface area (Å²) in [4.78, 5) is 76.1. The molecule has 1 aromatic heterocycles. The normalized spacial score (nSPS) is 29.9. The third-order valence-corrected chi connectivity index (χ3v) is 11.1. The molecular weight excluding hydrogens is 586 g/mol. The molecule has 2 unspecified atom stereocenters. The molecule has 0 radical (unpaired) electrons. The maximum Gasteiger partial charge on any atom is 0.252 e. The minimum absolute atomic E-state index is 0.335. The van der Waals surface area contributed by atoms with Crippen molar-refractivity contribution in [2.75, 3.05) is 9.80 Å². The predicted octanol–water partition coefficient (Wildman–Crippen LogP) is 4.74. The van der Waals surface area contributed by atoms with E-state index in [4.69, 9.17) is 0 Å². The summed E-state index contributed by atoms with van der Waals surface area (Å²) in [5, 5.41) is 5.01. The Balaban J connectivity index is 1.42. The van der Waals surface area contributed by atoms with Gasteiger partial charge >= 0.3 is 0 Å². The van der Waals surface area contributed by atoms with Crippen LogP contribution >= 0.6 is 11.3 Å². The molecule has 3 aliphatic carbocycles. The van der Waals surface area contributed by atoms with E-state index in [0.717, 1.165) is 4.88 Å². The van der Waals surface area contributed by atoms with Crippen LogP contribution in [-0.4, -0.2) is 35.1 Å². The van der Waals surface area contributed by atoms with E-state index in [2.05, 4.69) is 5.32 Å². The highest BCUT2D eigenvalue weighted by atomic mass is 32.1. The molecule has 3 fully saturated rings. The van der Waals surface area contributed by atoms with Crippen molar-refractivity contribution in [2.24, 2.45) is 23.7 Å². The first-order chi connectivity index (χ1) is 21.8. The van der Waals surface area contributed by atoms with Crippen molar-refractivity contribution in [2.45, 2.75) is 17.9 Å². The summed E-state index contributed by atoms with van der Waals surface area (Å²) in [5.74, 6) is -6.79. The molecule has 2 bridgehead atoms. The van der Waals surface area contributed by atoms with Crippen LogP contribution in [0.3, 0.4) is 0 Å². The molecule has 5 aliphatic rings. The van der Waals surface area contributed by atoms with Crippen molar-refractivity contribution in [1.29, 1.82) is 0 Å². The number of nitrogens with one attached hydrogen (secondary N) is 1. The number of hydrogen-bond acceptors (Lipinski definition) is 6. The van der Waals surface area contributed by atoms with Gasteiger partial charge in [0.2, 0.25) is 23.6 Å². The summed E-state index contributed by atoms with van der Waals surface area (Å²) in [6.45, 7) is 1.80. The molecule has 45 heavy (non-hydrogen) atoms. The minimum Gasteiger partial charge on any atom is -0.341 e. The number of anilines is 2. The largest absolute Gasteiger partial charge is 0.341 e. The first kappa shape index (κ1) is 27.4. The Kier molecular flexibility index (Phi) is 5.89. The molecule has 6 atom stereocenters. The fourth-order valence-electron chi connectivity index (χ4n) is 8.42. The first-order valence-corrected chi connectivity index (χ1v) is 15.7. The van der Waals surface area contributed by atoms with Crippen LogP contribution in [0.2, 0.25) is 0 Å². The van der Waals surface area contributed by atoms with Gasteiger partial charge < -0.3 is 5.32 Å². The second-order valence-electron chi connectivity index (χ2n) is 12.0. The number of rotatable bonds is 5. The smallest absolute Gasteiger partial charge is 0.252 e. The molecule has 3 heterocycles. The van der Waals surface area contributed by atoms with Crippen molar-refractivity contribution in [1.82, 2.24) is 5.32 Å². The molecule has 1 N–H and O–H groups in total. The third-order valence-electron chi connectivity index (χ3n) is 10.1. The van der Waals surface area contributed by atoms with Crippen molar-refractivity contribution in [3.63, 3.8) is 0 Å². The number of carbonyl (C=O) groups excluding carboxylic acids is 5. The molecule has 222 valence electrons. The molecule has 4 aromatic rings. The average molecular weight is 614 g/mol. The lowest BCUT2D eigenvalue weighted by Crippen LogP contribution is -2.75. The summed E-state index contributed by atoms with van der Waals surface area (Å²) in [7, 11) is 0. The van der Waals surface area contributed by atoms with Gasteiger partial charge in [0.15, 0.2) is 0 Å². The topological polar surface area (TPSA) is 104 Å². The van der Waals surface area contributed by atoms with Gasteiger partial charge in [-0.15, -0.1) is 11.3 Å². The van der Waals surface area contributed by atoms with E-state index in [9.17, 15) is 24.0 Å². The summed E-state index contributed by atoms with van der Waals surface area (Å²) in [6, 6.07) is 29.6. The number of imide groups is 2. The molecule has 8 nitrogen and oxygen atoms in total. The fourth-order valence-corrected chi connectivity index (χ4v) is 9.40. The number of allylic oxidation sites excluding steroid dienone is 1. The zero-order chi connectivity index (χ0) is 31.1. The molecular formula is C36H27N3O5S. The molecule has 1 saturated carbocycles. The second-order valence-corrected chi connectivity index (χ2v) is 13.0. The van der Waals surface area contributed by atoms with E-state index in [-0.39, 0.29) is 0 Å². The van der Waals surface area contributed by atoms with Gasteiger partial charge in [0, 0.05) is 15.9 Å². The molecule has 2 aliphatic heterocycles. The number of para-hydroxylation sites is 2. The van der Waals surface area contributed by atoms with Crippen LogP contribution in [0.4, 0.5) is 11.4 Å². The van der Waals surface area contributed by atoms with Gasteiger partial charge in [-0.05, 0) is 60.3 Å². The van der Waals surface area contributed by atoms with E-state index in [1.165, 1.54) is 21.1 Å². The second kappa shape index (κ2) is 9.67. The summed E-state index contributed by atoms with van der Waals surface area (Å²) >= 11 is 1.39. The lowest BCUT2D eigenvalue weighted by molar-refractivity contribution is -0.144. The maximum atomic E-state index is 14.8. The Labute approximate surface area is 263 Å². The SMILES string of the molecule is CC1=CC2(c3cccs3)[C@@H]3C(=O)N(c4ccccc4)C(=O)[C@@H]3C1(NC(=O)c1ccccc1)[C@@H]1C(=O)N(c3ccccc3)C(=O)[C@@H]12. The summed E-state index contributed by atoms with van der Waals surface area (Å²) in [5.41, 5.74) is -1.22. The quantitative estimate of drug-likeness (QED) is 0.259. The van der Waals surface area contributed by atoms with Crippen LogP contribution in [0.5, 0.6) is 0 Å². The Morgan fingerprint density at radius 3 is 1.58 bits per heavy atom. The highest BCUT2D eigenvalue weighted by molar-refractivity contribution is 7.10. The maximum absolute atomic E-state index is 14.8. The number of carbonyl (C=O) groups is 5. The number of nitrogens with zero attached hydrogens (tertiary/aromatic N) is 2. The monoisotopic (exact) mass is 613 g/mol. The lowest BCUT2D eigenvalue weighted by atomic mass is 9.41. The zero-order valence-electron chi connectivity index (χ0n) is 24.1. The van der Waals surface area contributed by atoms with Gasteiger partial charge in [-0.3, -0.25) is 24.0 Å². The van der Waals surface area contributed by atoms with Crippen LogP contribution in [0, 0.1) is 23.7 Å². The van der Waals surface area contributed by atoms with E-state index >= 15 is 0 Å². The molecule has 3 aromatic carbocycles. The Hall–Kier alpha value is -5.15. The van der Waals surface area contributed by atoms with Crippen molar-refractivity contribution in [3.05, 3.63) is 131 Å². The van der Waals surface area contributed by atoms with Crippen LogP contribution in [0.15, 0.2) is 120 Å². The standard InChI is InChI=1S/C36H27N3O5S/c1-21-20-35(25-18-11-19-45-25)26-28(33(43)38(31(26)41)23-14-7-3-8-15-23)36(21,37-30(40)22-12-5-2-6-13-22)29-27(35)32(42)39(34(29)44)24-16-9-4-10-17-24/h2-20,26-29H,1H3,(H,37,40)/t26-,27+,28+,29-,35?,36?. The molecule has 0 spiro atoms. The van der Waals surface area contributed by atoms with Gasteiger partial charge in [0.25, 0.3) is 5.91 Å². The summed E-state index contributed by atoms with van der Waals surface area (Å²) < 4.78 is 0. The molecule has 9 heteroatoms. The van der Waals surface area contributed by atoms with Crippen LogP contribution in [0.25, 0.3) is 0 Å². The van der Waals surface area contributed by atoms with Crippen molar-refractivity contribution >= 4 is 52.2 Å². The molecule has 9 rings (SSSR count). The van der Waals surface area contributed by atoms with Crippen LogP contribution in [0.1, 0.15) is 22.2 Å². The predicted molar refractivity (Wildman–Crippen MR) is 168 cm³/mol. The zero-order valence-corrected chi connectivity index (χ0v) is 24.9. The number of hydrogen-bond donors (Lipinski definition) is 1. The highest BCUT2D eigenvalue weighted by Gasteiger charge is 2.81. The van der Waals surface area contributed by atoms with Gasteiger partial charge in [0.1, 0.15) is 0 Å². The lowest BCUT2D eigenvalue weighted by Gasteiger charge is -2.61. The van der Waals surface area contributed by atoms with Crippen LogP contribution < -0.4 is 15.1 Å². The number of thiophene rings is 1. The van der Waals surface area contributed by atoms with E-state index in [1.807, 2.05) is 23.6 Å². The van der Waals surface area contributed by atoms with Gasteiger partial charge in [-0.25, -0.2) is 9.80 Å². The summed E-state index contributed by atoms with van der Waals surface area (Å²) in [6.07, 6.45) is 1.89. The van der Waals surface area contributed by atoms with E-state index < -0.39 is 64.2 Å². The Morgan fingerprint density at radius 2 is 1.11 bits per heavy atom. The van der Waals surface area contributed by atoms with Crippen LogP contribution in [-0.2, 0) is 24.6 Å². The van der Waals surface area contributed by atoms with Gasteiger partial charge in [0.05, 0.1) is 40.6 Å². The number of benzene rings is 3. The Bertz CT molecular complexity index is 1840. The Morgan fingerprint density at radius 1 is 0.644 bits per heavy atom. The molecule has 2 saturated heterocycles. The average Bonchev–Trinajstić information content (AvgIpc) is 3.77. The van der Waals surface area contributed by atoms with Gasteiger partial charge in [-0.2, -0.15) is 0 Å². The minimum atomic E-state index is -1.65. The third kappa shape index (κ3) is 3.44. The van der Waals surface area contributed by atoms with E-state index in [1.54, 1.807) is 97.9 Å². The first-order valence-electron chi connectivity index (χ1n) is 14.8. The van der Waals surface area contributed by atoms with Crippen molar-refractivity contribution < 1.29 is 24.0 Å². The van der Waals surface area contributed by atoms with Gasteiger partial charge in [-0.1, -0.05) is 66.7 Å².